The fourth-order valence-corrected chi connectivity index (χ4v) is 2.27. The van der Waals surface area contributed by atoms with E-state index in [0.29, 0.717) is 17.2 Å². The second-order valence-corrected chi connectivity index (χ2v) is 5.42. The Bertz CT molecular complexity index is 881. The minimum atomic E-state index is -0.564. The lowest BCUT2D eigenvalue weighted by atomic mass is 10.1. The lowest BCUT2D eigenvalue weighted by molar-refractivity contribution is -0.385. The van der Waals surface area contributed by atoms with E-state index in [-0.39, 0.29) is 24.7 Å². The Balaban J connectivity index is 1.61. The number of nitro benzene ring substituents is 1. The van der Waals surface area contributed by atoms with Gasteiger partial charge in [0.05, 0.1) is 22.8 Å². The van der Waals surface area contributed by atoms with E-state index in [2.05, 4.69) is 10.5 Å². The van der Waals surface area contributed by atoms with Crippen LogP contribution in [-0.4, -0.2) is 30.4 Å². The normalized spacial score (nSPS) is 12.2. The number of hydrogen-bond donors (Lipinski definition) is 1. The van der Waals surface area contributed by atoms with Gasteiger partial charge in [-0.25, -0.2) is 5.43 Å². The van der Waals surface area contributed by atoms with Crippen LogP contribution < -0.4 is 19.6 Å². The standard InChI is InChI=1S/C17H15N3O6/c1-11-3-2-4-13(5-11)24-9-17(21)19-18-8-12-6-15-16(26-10-25-15)7-14(12)20(22)23/h2-8H,9-10H2,1H3,(H,19,21)/b18-8+. The molecule has 0 bridgehead atoms. The Hall–Kier alpha value is -3.62. The van der Waals surface area contributed by atoms with E-state index in [1.165, 1.54) is 18.3 Å². The number of nitrogens with zero attached hydrogens (tertiary/aromatic N) is 2. The van der Waals surface area contributed by atoms with Crippen LogP contribution in [-0.2, 0) is 4.79 Å². The summed E-state index contributed by atoms with van der Waals surface area (Å²) in [5.74, 6) is 0.747. The number of carbonyl (C=O) groups is 1. The van der Waals surface area contributed by atoms with Gasteiger partial charge < -0.3 is 14.2 Å². The summed E-state index contributed by atoms with van der Waals surface area (Å²) in [5.41, 5.74) is 3.25. The molecule has 1 N–H and O–H groups in total. The highest BCUT2D eigenvalue weighted by molar-refractivity contribution is 5.88. The van der Waals surface area contributed by atoms with E-state index in [1.807, 2.05) is 19.1 Å². The van der Waals surface area contributed by atoms with Gasteiger partial charge in [0.25, 0.3) is 11.6 Å². The van der Waals surface area contributed by atoms with Crippen molar-refractivity contribution in [3.05, 3.63) is 57.6 Å². The summed E-state index contributed by atoms with van der Waals surface area (Å²) in [6, 6.07) is 9.95. The van der Waals surface area contributed by atoms with E-state index in [0.717, 1.165) is 5.56 Å². The van der Waals surface area contributed by atoms with E-state index >= 15 is 0 Å². The highest BCUT2D eigenvalue weighted by Gasteiger charge is 2.22. The molecule has 0 saturated heterocycles. The van der Waals surface area contributed by atoms with E-state index < -0.39 is 10.8 Å². The van der Waals surface area contributed by atoms with Crippen LogP contribution in [0.4, 0.5) is 5.69 Å². The SMILES string of the molecule is Cc1cccc(OCC(=O)N/N=C/c2cc3c(cc2[N+](=O)[O-])OCO3)c1. The third-order valence-electron chi connectivity index (χ3n) is 3.47. The molecule has 0 spiro atoms. The summed E-state index contributed by atoms with van der Waals surface area (Å²) >= 11 is 0. The maximum atomic E-state index is 11.8. The van der Waals surface area contributed by atoms with Gasteiger partial charge in [-0.15, -0.1) is 0 Å². The molecule has 26 heavy (non-hydrogen) atoms. The zero-order valence-electron chi connectivity index (χ0n) is 13.8. The third-order valence-corrected chi connectivity index (χ3v) is 3.47. The van der Waals surface area contributed by atoms with Crippen molar-refractivity contribution in [2.45, 2.75) is 6.92 Å². The molecule has 134 valence electrons. The summed E-state index contributed by atoms with van der Waals surface area (Å²) in [6.45, 7) is 1.68. The molecule has 0 fully saturated rings. The molecule has 1 aliphatic heterocycles. The van der Waals surface area contributed by atoms with Gasteiger partial charge in [0.1, 0.15) is 5.75 Å². The van der Waals surface area contributed by atoms with Crippen LogP contribution in [0.2, 0.25) is 0 Å². The third kappa shape index (κ3) is 4.07. The van der Waals surface area contributed by atoms with E-state index in [9.17, 15) is 14.9 Å². The summed E-state index contributed by atoms with van der Waals surface area (Å²) in [7, 11) is 0. The number of nitrogens with one attached hydrogen (secondary N) is 1. The van der Waals surface area contributed by atoms with E-state index in [1.54, 1.807) is 12.1 Å². The van der Waals surface area contributed by atoms with Crippen molar-refractivity contribution in [2.24, 2.45) is 5.10 Å². The molecule has 0 aliphatic carbocycles. The maximum absolute atomic E-state index is 11.8. The lowest BCUT2D eigenvalue weighted by Crippen LogP contribution is -2.24. The molecule has 0 radical (unpaired) electrons. The highest BCUT2D eigenvalue weighted by atomic mass is 16.7. The van der Waals surface area contributed by atoms with Crippen molar-refractivity contribution >= 4 is 17.8 Å². The Morgan fingerprint density at radius 3 is 2.85 bits per heavy atom. The number of fused-ring (bicyclic) bond motifs is 1. The highest BCUT2D eigenvalue weighted by Crippen LogP contribution is 2.37. The first-order valence-electron chi connectivity index (χ1n) is 7.62. The monoisotopic (exact) mass is 357 g/mol. The second kappa shape index (κ2) is 7.51. The van der Waals surface area contributed by atoms with Crippen molar-refractivity contribution in [2.75, 3.05) is 13.4 Å². The van der Waals surface area contributed by atoms with Gasteiger partial charge in [-0.05, 0) is 30.7 Å². The topological polar surface area (TPSA) is 112 Å². The first-order chi connectivity index (χ1) is 12.5. The fraction of sp³-hybridized carbons (Fsp3) is 0.176. The molecule has 2 aromatic carbocycles. The molecule has 0 atom stereocenters. The number of hydrazone groups is 1. The zero-order chi connectivity index (χ0) is 18.5. The second-order valence-electron chi connectivity index (χ2n) is 5.42. The number of carbonyl (C=O) groups excluding carboxylic acids is 1. The molecular weight excluding hydrogens is 342 g/mol. The predicted octanol–water partition coefficient (Wildman–Crippen LogP) is 2.16. The van der Waals surface area contributed by atoms with Gasteiger partial charge in [0.15, 0.2) is 18.1 Å². The molecule has 0 unspecified atom stereocenters. The van der Waals surface area contributed by atoms with Gasteiger partial charge in [0.2, 0.25) is 6.79 Å². The van der Waals surface area contributed by atoms with Crippen LogP contribution in [0.5, 0.6) is 17.2 Å². The molecule has 1 amide bonds. The van der Waals surface area contributed by atoms with Crippen molar-refractivity contribution in [3.63, 3.8) is 0 Å². The van der Waals surface area contributed by atoms with E-state index in [4.69, 9.17) is 14.2 Å². The average molecular weight is 357 g/mol. The van der Waals surface area contributed by atoms with Crippen LogP contribution >= 0.6 is 0 Å². The van der Waals surface area contributed by atoms with Crippen LogP contribution in [0, 0.1) is 17.0 Å². The van der Waals surface area contributed by atoms with Crippen molar-refractivity contribution < 1.29 is 23.9 Å². The first-order valence-corrected chi connectivity index (χ1v) is 7.62. The molecule has 1 heterocycles. The average Bonchev–Trinajstić information content (AvgIpc) is 3.06. The van der Waals surface area contributed by atoms with Gasteiger partial charge in [0, 0.05) is 0 Å². The van der Waals surface area contributed by atoms with Gasteiger partial charge in [-0.1, -0.05) is 12.1 Å². The number of benzene rings is 2. The number of aryl methyl sites for hydroxylation is 1. The van der Waals surface area contributed by atoms with Crippen LogP contribution in [0.25, 0.3) is 0 Å². The van der Waals surface area contributed by atoms with Crippen LogP contribution in [0.1, 0.15) is 11.1 Å². The Labute approximate surface area is 148 Å². The summed E-state index contributed by atoms with van der Waals surface area (Å²) in [6.07, 6.45) is 1.17. The first kappa shape index (κ1) is 17.2. The molecule has 2 aromatic rings. The largest absolute Gasteiger partial charge is 0.484 e. The number of nitro groups is 1. The van der Waals surface area contributed by atoms with Crippen LogP contribution in [0.3, 0.4) is 0 Å². The summed E-state index contributed by atoms with van der Waals surface area (Å²) in [4.78, 5) is 22.4. The molecule has 9 nitrogen and oxygen atoms in total. The van der Waals surface area contributed by atoms with Gasteiger partial charge >= 0.3 is 0 Å². The zero-order valence-corrected chi connectivity index (χ0v) is 13.8. The fourth-order valence-electron chi connectivity index (χ4n) is 2.27. The predicted molar refractivity (Wildman–Crippen MR) is 91.6 cm³/mol. The molecule has 0 aromatic heterocycles. The maximum Gasteiger partial charge on any atom is 0.282 e. The quantitative estimate of drug-likeness (QED) is 0.482. The van der Waals surface area contributed by atoms with Gasteiger partial charge in [-0.3, -0.25) is 14.9 Å². The Morgan fingerprint density at radius 1 is 1.35 bits per heavy atom. The van der Waals surface area contributed by atoms with Crippen molar-refractivity contribution in [1.29, 1.82) is 0 Å². The Kier molecular flexibility index (Phi) is 4.97. The summed E-state index contributed by atoms with van der Waals surface area (Å²) < 4.78 is 15.6. The Morgan fingerprint density at radius 2 is 2.12 bits per heavy atom. The number of rotatable bonds is 6. The number of amides is 1. The minimum absolute atomic E-state index is 0.000118. The molecular formula is C17H15N3O6. The smallest absolute Gasteiger partial charge is 0.282 e. The van der Waals surface area contributed by atoms with Gasteiger partial charge in [-0.2, -0.15) is 5.10 Å². The molecule has 3 rings (SSSR count). The molecule has 1 aliphatic rings. The van der Waals surface area contributed by atoms with Crippen molar-refractivity contribution in [3.8, 4) is 17.2 Å². The van der Waals surface area contributed by atoms with Crippen molar-refractivity contribution in [1.82, 2.24) is 5.43 Å². The van der Waals surface area contributed by atoms with Crippen LogP contribution in [0.15, 0.2) is 41.5 Å². The summed E-state index contributed by atoms with van der Waals surface area (Å²) in [5, 5.41) is 14.9. The lowest BCUT2D eigenvalue weighted by Gasteiger charge is -2.05. The molecule has 9 heteroatoms. The minimum Gasteiger partial charge on any atom is -0.484 e. The number of hydrogen-bond acceptors (Lipinski definition) is 7. The molecule has 0 saturated carbocycles. The number of ether oxygens (including phenoxy) is 3.